The lowest BCUT2D eigenvalue weighted by atomic mass is 10.1. The number of fused-ring (bicyclic) bond motifs is 1. The average molecular weight is 464 g/mol. The van der Waals surface area contributed by atoms with Crippen molar-refractivity contribution in [3.63, 3.8) is 0 Å². The van der Waals surface area contributed by atoms with E-state index in [4.69, 9.17) is 14.2 Å². The Hall–Kier alpha value is -3.60. The van der Waals surface area contributed by atoms with E-state index in [0.717, 1.165) is 23.5 Å². The summed E-state index contributed by atoms with van der Waals surface area (Å²) >= 11 is 0.974. The van der Waals surface area contributed by atoms with Crippen LogP contribution in [-0.2, 0) is 15.7 Å². The summed E-state index contributed by atoms with van der Waals surface area (Å²) in [4.78, 5) is 28.9. The SMILES string of the molecule is Cc1nc(-c2ccc(C(F)(F)F)cc2)sc1C(=O)OCC(=O)Nc1ccc2c(c1)OCO2. The number of aromatic nitrogens is 1. The van der Waals surface area contributed by atoms with Gasteiger partial charge < -0.3 is 19.5 Å². The summed E-state index contributed by atoms with van der Waals surface area (Å²) in [5.74, 6) is -0.240. The zero-order chi connectivity index (χ0) is 22.9. The molecule has 2 aromatic carbocycles. The van der Waals surface area contributed by atoms with Gasteiger partial charge in [0.25, 0.3) is 5.91 Å². The van der Waals surface area contributed by atoms with Crippen molar-refractivity contribution >= 4 is 28.9 Å². The monoisotopic (exact) mass is 464 g/mol. The van der Waals surface area contributed by atoms with E-state index in [9.17, 15) is 22.8 Å². The number of aryl methyl sites for hydroxylation is 1. The molecule has 0 unspecified atom stereocenters. The highest BCUT2D eigenvalue weighted by Crippen LogP contribution is 2.35. The number of amides is 1. The van der Waals surface area contributed by atoms with E-state index >= 15 is 0 Å². The Morgan fingerprint density at radius 2 is 1.84 bits per heavy atom. The molecule has 11 heteroatoms. The molecule has 3 aromatic rings. The lowest BCUT2D eigenvalue weighted by Crippen LogP contribution is -2.20. The van der Waals surface area contributed by atoms with E-state index in [1.165, 1.54) is 12.1 Å². The Balaban J connectivity index is 1.37. The van der Waals surface area contributed by atoms with Gasteiger partial charge in [0.15, 0.2) is 18.1 Å². The van der Waals surface area contributed by atoms with Gasteiger partial charge >= 0.3 is 12.1 Å². The van der Waals surface area contributed by atoms with Crippen molar-refractivity contribution in [2.45, 2.75) is 13.1 Å². The molecule has 0 atom stereocenters. The van der Waals surface area contributed by atoms with Crippen LogP contribution in [0.3, 0.4) is 0 Å². The van der Waals surface area contributed by atoms with Crippen molar-refractivity contribution in [1.82, 2.24) is 4.98 Å². The normalized spacial score (nSPS) is 12.5. The summed E-state index contributed by atoms with van der Waals surface area (Å²) in [5, 5.41) is 2.95. The molecule has 1 aliphatic rings. The quantitative estimate of drug-likeness (QED) is 0.553. The van der Waals surface area contributed by atoms with Crippen LogP contribution < -0.4 is 14.8 Å². The molecule has 4 rings (SSSR count). The number of nitrogens with one attached hydrogen (secondary N) is 1. The predicted molar refractivity (Wildman–Crippen MR) is 109 cm³/mol. The highest BCUT2D eigenvalue weighted by molar-refractivity contribution is 7.17. The van der Waals surface area contributed by atoms with E-state index < -0.39 is 30.2 Å². The van der Waals surface area contributed by atoms with E-state index in [1.807, 2.05) is 0 Å². The molecule has 1 amide bonds. The molecule has 0 bridgehead atoms. The Morgan fingerprint density at radius 1 is 1.12 bits per heavy atom. The maximum atomic E-state index is 12.7. The molecule has 166 valence electrons. The first kappa shape index (κ1) is 21.6. The number of hydrogen-bond donors (Lipinski definition) is 1. The fourth-order valence-corrected chi connectivity index (χ4v) is 3.84. The number of halogens is 3. The molecule has 0 aliphatic carbocycles. The molecular formula is C21H15F3N2O5S. The smallest absolute Gasteiger partial charge is 0.416 e. The molecule has 0 spiro atoms. The highest BCUT2D eigenvalue weighted by Gasteiger charge is 2.30. The van der Waals surface area contributed by atoms with Gasteiger partial charge in [0.2, 0.25) is 6.79 Å². The molecule has 7 nitrogen and oxygen atoms in total. The second-order valence-electron chi connectivity index (χ2n) is 6.70. The Bertz CT molecular complexity index is 1180. The molecule has 0 radical (unpaired) electrons. The topological polar surface area (TPSA) is 86.8 Å². The summed E-state index contributed by atoms with van der Waals surface area (Å²) in [6, 6.07) is 9.33. The van der Waals surface area contributed by atoms with Gasteiger partial charge in [0.05, 0.1) is 11.3 Å². The van der Waals surface area contributed by atoms with Crippen molar-refractivity contribution in [2.24, 2.45) is 0 Å². The number of thiazole rings is 1. The number of ether oxygens (including phenoxy) is 3. The minimum absolute atomic E-state index is 0.104. The van der Waals surface area contributed by atoms with Crippen molar-refractivity contribution in [3.05, 3.63) is 58.6 Å². The number of anilines is 1. The maximum Gasteiger partial charge on any atom is 0.416 e. The fourth-order valence-electron chi connectivity index (χ4n) is 2.88. The lowest BCUT2D eigenvalue weighted by Gasteiger charge is -2.07. The fraction of sp³-hybridized carbons (Fsp3) is 0.190. The first-order chi connectivity index (χ1) is 15.2. The van der Waals surface area contributed by atoms with Gasteiger partial charge in [-0.3, -0.25) is 4.79 Å². The van der Waals surface area contributed by atoms with Crippen LogP contribution in [0, 0.1) is 6.92 Å². The minimum Gasteiger partial charge on any atom is -0.454 e. The number of benzene rings is 2. The predicted octanol–water partition coefficient (Wildman–Crippen LogP) is 4.66. The van der Waals surface area contributed by atoms with Gasteiger partial charge in [-0.15, -0.1) is 11.3 Å². The third kappa shape index (κ3) is 4.67. The molecule has 0 fully saturated rings. The molecular weight excluding hydrogens is 449 g/mol. The molecule has 1 aliphatic heterocycles. The second-order valence-corrected chi connectivity index (χ2v) is 7.70. The van der Waals surface area contributed by atoms with Gasteiger partial charge in [-0.25, -0.2) is 9.78 Å². The number of nitrogens with zero attached hydrogens (tertiary/aromatic N) is 1. The van der Waals surface area contributed by atoms with Crippen molar-refractivity contribution in [1.29, 1.82) is 0 Å². The van der Waals surface area contributed by atoms with E-state index in [2.05, 4.69) is 10.3 Å². The highest BCUT2D eigenvalue weighted by atomic mass is 32.1. The Labute approximate surface area is 183 Å². The third-order valence-electron chi connectivity index (χ3n) is 4.43. The van der Waals surface area contributed by atoms with Crippen molar-refractivity contribution < 1.29 is 37.0 Å². The number of carbonyl (C=O) groups excluding carboxylic acids is 2. The van der Waals surface area contributed by atoms with Crippen LogP contribution in [-0.4, -0.2) is 30.3 Å². The van der Waals surface area contributed by atoms with E-state index in [0.29, 0.717) is 33.5 Å². The molecule has 1 N–H and O–H groups in total. The van der Waals surface area contributed by atoms with Gasteiger partial charge in [0, 0.05) is 17.3 Å². The summed E-state index contributed by atoms with van der Waals surface area (Å²) in [6.07, 6.45) is -4.44. The van der Waals surface area contributed by atoms with Crippen LogP contribution in [0.1, 0.15) is 20.9 Å². The summed E-state index contributed by atoms with van der Waals surface area (Å²) in [7, 11) is 0. The van der Waals surface area contributed by atoms with Crippen LogP contribution in [0.5, 0.6) is 11.5 Å². The summed E-state index contributed by atoms with van der Waals surface area (Å²) < 4.78 is 53.7. The maximum absolute atomic E-state index is 12.7. The van der Waals surface area contributed by atoms with Crippen LogP contribution in [0.2, 0.25) is 0 Å². The molecule has 32 heavy (non-hydrogen) atoms. The van der Waals surface area contributed by atoms with Gasteiger partial charge in [-0.2, -0.15) is 13.2 Å². The average Bonchev–Trinajstić information content (AvgIpc) is 3.37. The number of rotatable bonds is 5. The van der Waals surface area contributed by atoms with Gasteiger partial charge in [0.1, 0.15) is 9.88 Å². The molecule has 0 saturated heterocycles. The molecule has 1 aromatic heterocycles. The van der Waals surface area contributed by atoms with Gasteiger partial charge in [-0.05, 0) is 31.2 Å². The zero-order valence-corrected chi connectivity index (χ0v) is 17.3. The van der Waals surface area contributed by atoms with Crippen LogP contribution in [0.15, 0.2) is 42.5 Å². The van der Waals surface area contributed by atoms with Crippen molar-refractivity contribution in [2.75, 3.05) is 18.7 Å². The molecule has 0 saturated carbocycles. The lowest BCUT2D eigenvalue weighted by molar-refractivity contribution is -0.137. The van der Waals surface area contributed by atoms with Gasteiger partial charge in [-0.1, -0.05) is 12.1 Å². The summed E-state index contributed by atoms with van der Waals surface area (Å²) in [5.41, 5.74) is 0.466. The van der Waals surface area contributed by atoms with E-state index in [-0.39, 0.29) is 11.7 Å². The number of esters is 1. The zero-order valence-electron chi connectivity index (χ0n) is 16.5. The van der Waals surface area contributed by atoms with Crippen molar-refractivity contribution in [3.8, 4) is 22.1 Å². The Morgan fingerprint density at radius 3 is 2.56 bits per heavy atom. The first-order valence-corrected chi connectivity index (χ1v) is 10.0. The van der Waals surface area contributed by atoms with Crippen LogP contribution in [0.25, 0.3) is 10.6 Å². The number of carbonyl (C=O) groups is 2. The van der Waals surface area contributed by atoms with Crippen LogP contribution >= 0.6 is 11.3 Å². The number of alkyl halides is 3. The molecule has 2 heterocycles. The van der Waals surface area contributed by atoms with E-state index in [1.54, 1.807) is 25.1 Å². The number of hydrogen-bond acceptors (Lipinski definition) is 7. The first-order valence-electron chi connectivity index (χ1n) is 9.22. The standard InChI is InChI=1S/C21H15F3N2O5S/c1-11-18(32-19(25-11)12-2-4-13(5-3-12)21(22,23)24)20(28)29-9-17(27)26-14-6-7-15-16(8-14)31-10-30-15/h2-8H,9-10H2,1H3,(H,26,27). The second kappa shape index (κ2) is 8.50. The van der Waals surface area contributed by atoms with Crippen LogP contribution in [0.4, 0.5) is 18.9 Å². The minimum atomic E-state index is -4.44. The summed E-state index contributed by atoms with van der Waals surface area (Å²) in [6.45, 7) is 1.15. The Kier molecular flexibility index (Phi) is 5.74. The third-order valence-corrected chi connectivity index (χ3v) is 5.62. The largest absolute Gasteiger partial charge is 0.454 e.